The normalized spacial score (nSPS) is 19.6. The number of amides is 1. The SMILES string of the molecule is CCN1CCCC1CNC(=O)c1cc(N)ccc1Cl. The molecule has 104 valence electrons. The molecule has 1 heterocycles. The average molecular weight is 282 g/mol. The third kappa shape index (κ3) is 3.39. The summed E-state index contributed by atoms with van der Waals surface area (Å²) in [7, 11) is 0. The van der Waals surface area contributed by atoms with Gasteiger partial charge in [-0.3, -0.25) is 9.69 Å². The number of nitrogen functional groups attached to an aromatic ring is 1. The molecule has 0 saturated carbocycles. The molecule has 1 unspecified atom stereocenters. The second kappa shape index (κ2) is 6.26. The lowest BCUT2D eigenvalue weighted by Gasteiger charge is -2.23. The van der Waals surface area contributed by atoms with Gasteiger partial charge in [0, 0.05) is 18.3 Å². The number of benzene rings is 1. The van der Waals surface area contributed by atoms with Crippen molar-refractivity contribution >= 4 is 23.2 Å². The van der Waals surface area contributed by atoms with Crippen LogP contribution in [0.15, 0.2) is 18.2 Å². The Morgan fingerprint density at radius 2 is 2.37 bits per heavy atom. The van der Waals surface area contributed by atoms with E-state index in [0.29, 0.717) is 28.9 Å². The van der Waals surface area contributed by atoms with Gasteiger partial charge < -0.3 is 11.1 Å². The minimum absolute atomic E-state index is 0.153. The maximum atomic E-state index is 12.1. The van der Waals surface area contributed by atoms with Crippen molar-refractivity contribution in [1.82, 2.24) is 10.2 Å². The quantitative estimate of drug-likeness (QED) is 0.832. The van der Waals surface area contributed by atoms with Gasteiger partial charge in [0.05, 0.1) is 10.6 Å². The van der Waals surface area contributed by atoms with Gasteiger partial charge in [-0.2, -0.15) is 0 Å². The first-order valence-electron chi connectivity index (χ1n) is 6.69. The molecule has 3 N–H and O–H groups in total. The maximum absolute atomic E-state index is 12.1. The van der Waals surface area contributed by atoms with Gasteiger partial charge in [0.2, 0.25) is 0 Å². The molecule has 2 rings (SSSR count). The zero-order valence-electron chi connectivity index (χ0n) is 11.2. The summed E-state index contributed by atoms with van der Waals surface area (Å²) < 4.78 is 0. The fourth-order valence-corrected chi connectivity index (χ4v) is 2.77. The van der Waals surface area contributed by atoms with Gasteiger partial charge in [0.25, 0.3) is 5.91 Å². The second-order valence-electron chi connectivity index (χ2n) is 4.87. The molecular weight excluding hydrogens is 262 g/mol. The van der Waals surface area contributed by atoms with E-state index in [1.54, 1.807) is 18.2 Å². The van der Waals surface area contributed by atoms with Crippen LogP contribution in [0.2, 0.25) is 5.02 Å². The van der Waals surface area contributed by atoms with E-state index in [0.717, 1.165) is 19.5 Å². The number of nitrogens with zero attached hydrogens (tertiary/aromatic N) is 1. The van der Waals surface area contributed by atoms with Crippen LogP contribution in [-0.4, -0.2) is 36.5 Å². The van der Waals surface area contributed by atoms with Crippen LogP contribution in [0.1, 0.15) is 30.1 Å². The van der Waals surface area contributed by atoms with Gasteiger partial charge in [-0.15, -0.1) is 0 Å². The summed E-state index contributed by atoms with van der Waals surface area (Å²) in [6.07, 6.45) is 2.34. The van der Waals surface area contributed by atoms with Crippen molar-refractivity contribution in [1.29, 1.82) is 0 Å². The van der Waals surface area contributed by atoms with E-state index in [2.05, 4.69) is 17.1 Å². The Morgan fingerprint density at radius 3 is 3.11 bits per heavy atom. The fraction of sp³-hybridized carbons (Fsp3) is 0.500. The van der Waals surface area contributed by atoms with E-state index < -0.39 is 0 Å². The predicted octanol–water partition coefficient (Wildman–Crippen LogP) is 2.14. The number of rotatable bonds is 4. The summed E-state index contributed by atoms with van der Waals surface area (Å²) in [4.78, 5) is 14.5. The van der Waals surface area contributed by atoms with Crippen LogP contribution in [-0.2, 0) is 0 Å². The zero-order valence-corrected chi connectivity index (χ0v) is 11.9. The molecule has 5 heteroatoms. The second-order valence-corrected chi connectivity index (χ2v) is 5.28. The molecule has 0 spiro atoms. The lowest BCUT2D eigenvalue weighted by atomic mass is 10.1. The molecule has 1 aromatic rings. The van der Waals surface area contributed by atoms with Crippen LogP contribution in [0, 0.1) is 0 Å². The van der Waals surface area contributed by atoms with Gasteiger partial charge in [-0.05, 0) is 44.1 Å². The van der Waals surface area contributed by atoms with Crippen molar-refractivity contribution < 1.29 is 4.79 Å². The number of likely N-dealkylation sites (N-methyl/N-ethyl adjacent to an activating group) is 1. The Labute approximate surface area is 118 Å². The Kier molecular flexibility index (Phi) is 4.66. The highest BCUT2D eigenvalue weighted by Crippen LogP contribution is 2.19. The van der Waals surface area contributed by atoms with Crippen LogP contribution in [0.25, 0.3) is 0 Å². The Bertz CT molecular complexity index is 464. The topological polar surface area (TPSA) is 58.4 Å². The lowest BCUT2D eigenvalue weighted by Crippen LogP contribution is -2.40. The first-order chi connectivity index (χ1) is 9.11. The van der Waals surface area contributed by atoms with Gasteiger partial charge >= 0.3 is 0 Å². The van der Waals surface area contributed by atoms with Crippen molar-refractivity contribution in [3.63, 3.8) is 0 Å². The molecule has 0 aliphatic carbocycles. The number of likely N-dealkylation sites (tertiary alicyclic amines) is 1. The molecular formula is C14H20ClN3O. The minimum atomic E-state index is -0.153. The van der Waals surface area contributed by atoms with E-state index in [4.69, 9.17) is 17.3 Å². The first-order valence-corrected chi connectivity index (χ1v) is 7.07. The van der Waals surface area contributed by atoms with Gasteiger partial charge in [-0.25, -0.2) is 0 Å². The Morgan fingerprint density at radius 1 is 1.58 bits per heavy atom. The summed E-state index contributed by atoms with van der Waals surface area (Å²) in [5, 5.41) is 3.39. The number of hydrogen-bond donors (Lipinski definition) is 2. The number of carbonyl (C=O) groups excluding carboxylic acids is 1. The Balaban J connectivity index is 1.96. The standard InChI is InChI=1S/C14H20ClN3O/c1-2-18-7-3-4-11(18)9-17-14(19)12-8-10(16)5-6-13(12)15/h5-6,8,11H,2-4,7,9,16H2,1H3,(H,17,19). The number of carbonyl (C=O) groups is 1. The van der Waals surface area contributed by atoms with Crippen molar-refractivity contribution in [3.8, 4) is 0 Å². The molecule has 0 bridgehead atoms. The lowest BCUT2D eigenvalue weighted by molar-refractivity contribution is 0.0941. The number of nitrogens with two attached hydrogens (primary N) is 1. The molecule has 0 aromatic heterocycles. The first kappa shape index (κ1) is 14.2. The monoisotopic (exact) mass is 281 g/mol. The van der Waals surface area contributed by atoms with E-state index in [-0.39, 0.29) is 5.91 Å². The number of hydrogen-bond acceptors (Lipinski definition) is 3. The summed E-state index contributed by atoms with van der Waals surface area (Å²) >= 11 is 6.02. The smallest absolute Gasteiger partial charge is 0.252 e. The number of nitrogens with one attached hydrogen (secondary N) is 1. The van der Waals surface area contributed by atoms with Gasteiger partial charge in [-0.1, -0.05) is 18.5 Å². The molecule has 1 fully saturated rings. The third-order valence-electron chi connectivity index (χ3n) is 3.64. The summed E-state index contributed by atoms with van der Waals surface area (Å²) in [6, 6.07) is 5.40. The molecule has 1 saturated heterocycles. The van der Waals surface area contributed by atoms with E-state index in [1.165, 1.54) is 6.42 Å². The Hall–Kier alpha value is -1.26. The molecule has 1 aliphatic heterocycles. The maximum Gasteiger partial charge on any atom is 0.252 e. The minimum Gasteiger partial charge on any atom is -0.399 e. The van der Waals surface area contributed by atoms with Crippen LogP contribution in [0.4, 0.5) is 5.69 Å². The summed E-state index contributed by atoms with van der Waals surface area (Å²) in [5.74, 6) is -0.153. The van der Waals surface area contributed by atoms with E-state index in [9.17, 15) is 4.79 Å². The zero-order chi connectivity index (χ0) is 13.8. The van der Waals surface area contributed by atoms with Crippen molar-refractivity contribution in [2.45, 2.75) is 25.8 Å². The molecule has 0 radical (unpaired) electrons. The highest BCUT2D eigenvalue weighted by Gasteiger charge is 2.23. The van der Waals surface area contributed by atoms with Crippen LogP contribution in [0.3, 0.4) is 0 Å². The van der Waals surface area contributed by atoms with E-state index in [1.807, 2.05) is 0 Å². The van der Waals surface area contributed by atoms with Crippen molar-refractivity contribution in [2.75, 3.05) is 25.4 Å². The largest absolute Gasteiger partial charge is 0.399 e. The fourth-order valence-electron chi connectivity index (χ4n) is 2.57. The molecule has 19 heavy (non-hydrogen) atoms. The molecule has 4 nitrogen and oxygen atoms in total. The predicted molar refractivity (Wildman–Crippen MR) is 78.5 cm³/mol. The average Bonchev–Trinajstić information content (AvgIpc) is 2.86. The molecule has 1 aliphatic rings. The van der Waals surface area contributed by atoms with Crippen LogP contribution >= 0.6 is 11.6 Å². The van der Waals surface area contributed by atoms with Crippen LogP contribution < -0.4 is 11.1 Å². The van der Waals surface area contributed by atoms with Crippen molar-refractivity contribution in [2.24, 2.45) is 0 Å². The number of halogens is 1. The summed E-state index contributed by atoms with van der Waals surface area (Å²) in [6.45, 7) is 4.96. The van der Waals surface area contributed by atoms with Crippen LogP contribution in [0.5, 0.6) is 0 Å². The van der Waals surface area contributed by atoms with E-state index >= 15 is 0 Å². The number of anilines is 1. The third-order valence-corrected chi connectivity index (χ3v) is 3.97. The molecule has 1 amide bonds. The molecule has 1 atom stereocenters. The van der Waals surface area contributed by atoms with Crippen molar-refractivity contribution in [3.05, 3.63) is 28.8 Å². The summed E-state index contributed by atoms with van der Waals surface area (Å²) in [5.41, 5.74) is 6.67. The highest BCUT2D eigenvalue weighted by atomic mass is 35.5. The van der Waals surface area contributed by atoms with Gasteiger partial charge in [0.15, 0.2) is 0 Å². The highest BCUT2D eigenvalue weighted by molar-refractivity contribution is 6.34. The molecule has 1 aromatic carbocycles. The van der Waals surface area contributed by atoms with Gasteiger partial charge in [0.1, 0.15) is 0 Å².